The number of para-hydroxylation sites is 1. The van der Waals surface area contributed by atoms with Crippen molar-refractivity contribution in [2.75, 3.05) is 5.32 Å². The molecule has 0 bridgehead atoms. The molecule has 1 aromatic heterocycles. The van der Waals surface area contributed by atoms with Crippen LogP contribution >= 0.6 is 11.3 Å². The quantitative estimate of drug-likeness (QED) is 0.342. The van der Waals surface area contributed by atoms with E-state index in [0.29, 0.717) is 16.1 Å². The maximum atomic E-state index is 14.4. The monoisotopic (exact) mass is 520 g/mol. The number of hydrogen-bond acceptors (Lipinski definition) is 5. The minimum absolute atomic E-state index is 0.257. The number of Topliss-reactive ketones (excluding diaryl/α,β-unsaturated/α-hetero) is 2. The van der Waals surface area contributed by atoms with Gasteiger partial charge in [0.2, 0.25) is 5.91 Å². The van der Waals surface area contributed by atoms with E-state index in [2.05, 4.69) is 5.32 Å². The Hall–Kier alpha value is -4.36. The van der Waals surface area contributed by atoms with Crippen molar-refractivity contribution in [2.24, 2.45) is 5.92 Å². The predicted molar refractivity (Wildman–Crippen MR) is 143 cm³/mol. The average molecular weight is 521 g/mol. The molecule has 3 aliphatic heterocycles. The molecule has 4 aromatic rings. The molecule has 38 heavy (non-hydrogen) atoms. The summed E-state index contributed by atoms with van der Waals surface area (Å²) < 4.78 is 13.8. The predicted octanol–water partition coefficient (Wildman–Crippen LogP) is 5.87. The first kappa shape index (κ1) is 22.8. The zero-order valence-corrected chi connectivity index (χ0v) is 20.8. The third-order valence-electron chi connectivity index (χ3n) is 8.01. The molecule has 3 aromatic carbocycles. The van der Waals surface area contributed by atoms with E-state index < -0.39 is 29.2 Å². The number of nitrogens with one attached hydrogen (secondary N) is 1. The lowest BCUT2D eigenvalue weighted by Gasteiger charge is -2.38. The van der Waals surface area contributed by atoms with Gasteiger partial charge in [-0.05, 0) is 64.5 Å². The third kappa shape index (κ3) is 2.99. The van der Waals surface area contributed by atoms with Crippen LogP contribution in [-0.4, -0.2) is 28.4 Å². The number of halogens is 1. The van der Waals surface area contributed by atoms with Gasteiger partial charge in [-0.25, -0.2) is 4.39 Å². The Morgan fingerprint density at radius 1 is 0.895 bits per heavy atom. The van der Waals surface area contributed by atoms with Gasteiger partial charge >= 0.3 is 0 Å². The van der Waals surface area contributed by atoms with Crippen LogP contribution in [0.25, 0.3) is 6.08 Å². The van der Waals surface area contributed by atoms with E-state index >= 15 is 0 Å². The maximum absolute atomic E-state index is 14.4. The number of carbonyl (C=O) groups excluding carboxylic acids is 3. The van der Waals surface area contributed by atoms with Gasteiger partial charge in [0.25, 0.3) is 0 Å². The van der Waals surface area contributed by atoms with Crippen molar-refractivity contribution < 1.29 is 18.8 Å². The molecule has 0 saturated carbocycles. The topological polar surface area (TPSA) is 66.5 Å². The smallest absolute Gasteiger partial charge is 0.238 e. The van der Waals surface area contributed by atoms with E-state index in [-0.39, 0.29) is 23.0 Å². The Kier molecular flexibility index (Phi) is 5.00. The van der Waals surface area contributed by atoms with Crippen LogP contribution in [0.1, 0.15) is 42.8 Å². The summed E-state index contributed by atoms with van der Waals surface area (Å²) in [6, 6.07) is 22.5. The van der Waals surface area contributed by atoms with E-state index in [1.165, 1.54) is 35.6 Å². The SMILES string of the molecule is O=C(c1ccc(F)cc1)C1C(C(=O)c2cccs2)C2(C(=O)Nc3ccccc32)C2c3ccccc3C=CN12. The first-order chi connectivity index (χ1) is 18.5. The number of hydrogen-bond donors (Lipinski definition) is 1. The van der Waals surface area contributed by atoms with E-state index in [4.69, 9.17) is 0 Å². The third-order valence-corrected chi connectivity index (χ3v) is 8.90. The summed E-state index contributed by atoms with van der Waals surface area (Å²) >= 11 is 1.29. The van der Waals surface area contributed by atoms with Crippen molar-refractivity contribution in [3.8, 4) is 0 Å². The molecule has 1 N–H and O–H groups in total. The van der Waals surface area contributed by atoms with E-state index in [0.717, 1.165) is 11.1 Å². The molecule has 4 atom stereocenters. The van der Waals surface area contributed by atoms with Crippen LogP contribution < -0.4 is 5.32 Å². The van der Waals surface area contributed by atoms with Crippen molar-refractivity contribution in [1.82, 2.24) is 4.90 Å². The minimum atomic E-state index is -1.36. The van der Waals surface area contributed by atoms with Gasteiger partial charge in [0.15, 0.2) is 11.6 Å². The highest BCUT2D eigenvalue weighted by Gasteiger charge is 2.70. The number of ketones is 2. The molecular weight excluding hydrogens is 499 g/mol. The second-order valence-electron chi connectivity index (χ2n) is 9.80. The highest BCUT2D eigenvalue weighted by molar-refractivity contribution is 7.12. The molecule has 7 rings (SSSR count). The van der Waals surface area contributed by atoms with Crippen molar-refractivity contribution in [1.29, 1.82) is 0 Å². The molecule has 1 saturated heterocycles. The van der Waals surface area contributed by atoms with Crippen molar-refractivity contribution in [2.45, 2.75) is 17.5 Å². The lowest BCUT2D eigenvalue weighted by Crippen LogP contribution is -2.49. The average Bonchev–Trinajstić information content (AvgIpc) is 3.65. The van der Waals surface area contributed by atoms with Crippen molar-refractivity contribution in [3.05, 3.63) is 129 Å². The van der Waals surface area contributed by atoms with Crippen LogP contribution in [0.4, 0.5) is 10.1 Å². The highest BCUT2D eigenvalue weighted by atomic mass is 32.1. The normalized spacial score (nSPS) is 24.6. The Morgan fingerprint density at radius 2 is 1.66 bits per heavy atom. The largest absolute Gasteiger partial charge is 0.358 e. The molecule has 1 fully saturated rings. The second-order valence-corrected chi connectivity index (χ2v) is 10.7. The van der Waals surface area contributed by atoms with Gasteiger partial charge in [-0.2, -0.15) is 0 Å². The Bertz CT molecular complexity index is 1650. The number of benzene rings is 3. The van der Waals surface area contributed by atoms with Gasteiger partial charge in [-0.15, -0.1) is 11.3 Å². The van der Waals surface area contributed by atoms with Crippen LogP contribution in [0.15, 0.2) is 96.5 Å². The van der Waals surface area contributed by atoms with Gasteiger partial charge in [-0.1, -0.05) is 48.5 Å². The fourth-order valence-electron chi connectivity index (χ4n) is 6.52. The van der Waals surface area contributed by atoms with Crippen LogP contribution in [0, 0.1) is 11.7 Å². The maximum Gasteiger partial charge on any atom is 0.238 e. The molecule has 7 heteroatoms. The first-order valence-electron chi connectivity index (χ1n) is 12.3. The molecule has 4 heterocycles. The Labute approximate surface area is 222 Å². The molecule has 1 spiro atoms. The van der Waals surface area contributed by atoms with Gasteiger partial charge in [0, 0.05) is 17.5 Å². The summed E-state index contributed by atoms with van der Waals surface area (Å²) in [6.45, 7) is 0. The summed E-state index contributed by atoms with van der Waals surface area (Å²) in [4.78, 5) is 45.4. The number of anilines is 1. The zero-order valence-electron chi connectivity index (χ0n) is 20.0. The highest BCUT2D eigenvalue weighted by Crippen LogP contribution is 2.62. The molecule has 0 aliphatic carbocycles. The second kappa shape index (κ2) is 8.33. The fraction of sp³-hybridized carbons (Fsp3) is 0.129. The number of amides is 1. The lowest BCUT2D eigenvalue weighted by molar-refractivity contribution is -0.122. The zero-order chi connectivity index (χ0) is 26.0. The van der Waals surface area contributed by atoms with Gasteiger partial charge in [0.05, 0.1) is 16.8 Å². The summed E-state index contributed by atoms with van der Waals surface area (Å²) in [5.41, 5.74) is 2.08. The molecule has 186 valence electrons. The van der Waals surface area contributed by atoms with Crippen LogP contribution in [0.2, 0.25) is 0 Å². The number of thiophene rings is 1. The molecule has 5 nitrogen and oxygen atoms in total. The van der Waals surface area contributed by atoms with E-state index in [1.54, 1.807) is 12.1 Å². The van der Waals surface area contributed by atoms with Crippen LogP contribution in [0.5, 0.6) is 0 Å². The lowest BCUT2D eigenvalue weighted by atomic mass is 9.63. The summed E-state index contributed by atoms with van der Waals surface area (Å²) in [6.07, 6.45) is 3.75. The fourth-order valence-corrected chi connectivity index (χ4v) is 7.23. The van der Waals surface area contributed by atoms with Gasteiger partial charge < -0.3 is 10.2 Å². The number of rotatable bonds is 4. The van der Waals surface area contributed by atoms with E-state index in [1.807, 2.05) is 71.1 Å². The Balaban J connectivity index is 1.54. The molecular formula is C31H21FN2O3S. The molecule has 0 radical (unpaired) electrons. The van der Waals surface area contributed by atoms with E-state index in [9.17, 15) is 18.8 Å². The number of fused-ring (bicyclic) bond motifs is 6. The molecule has 4 unspecified atom stereocenters. The standard InChI is InChI=1S/C31H21FN2O3S/c32-20-13-11-19(12-14-20)27(35)26-25(28(36)24-10-5-17-38-24)31(22-8-3-4-9-23(22)33-30(31)37)29-21-7-2-1-6-18(21)15-16-34(26)29/h1-17,25-26,29H,(H,33,37). The summed E-state index contributed by atoms with van der Waals surface area (Å²) in [5.74, 6) is -2.37. The summed E-state index contributed by atoms with van der Waals surface area (Å²) in [5, 5.41) is 4.85. The van der Waals surface area contributed by atoms with Crippen LogP contribution in [-0.2, 0) is 10.2 Å². The van der Waals surface area contributed by atoms with Gasteiger partial charge in [0.1, 0.15) is 17.3 Å². The van der Waals surface area contributed by atoms with Crippen molar-refractivity contribution >= 4 is 40.6 Å². The molecule has 1 amide bonds. The van der Waals surface area contributed by atoms with Crippen LogP contribution in [0.3, 0.4) is 0 Å². The van der Waals surface area contributed by atoms with Gasteiger partial charge in [-0.3, -0.25) is 14.4 Å². The Morgan fingerprint density at radius 3 is 2.45 bits per heavy atom. The molecule has 3 aliphatic rings. The number of nitrogens with zero attached hydrogens (tertiary/aromatic N) is 1. The van der Waals surface area contributed by atoms with Crippen molar-refractivity contribution in [3.63, 3.8) is 0 Å². The summed E-state index contributed by atoms with van der Waals surface area (Å²) in [7, 11) is 0. The minimum Gasteiger partial charge on any atom is -0.358 e. The number of carbonyl (C=O) groups is 3. The first-order valence-corrected chi connectivity index (χ1v) is 13.2.